The van der Waals surface area contributed by atoms with Crippen LogP contribution in [0.4, 0.5) is 4.39 Å². The van der Waals surface area contributed by atoms with Gasteiger partial charge >= 0.3 is 5.97 Å². The molecule has 2 fully saturated rings. The Hall–Kier alpha value is -2.44. The van der Waals surface area contributed by atoms with Crippen LogP contribution in [0, 0.1) is 17.7 Å². The highest BCUT2D eigenvalue weighted by Crippen LogP contribution is 2.28. The molecule has 2 aliphatic rings. The zero-order valence-corrected chi connectivity index (χ0v) is 13.8. The summed E-state index contributed by atoms with van der Waals surface area (Å²) >= 11 is 0. The average Bonchev–Trinajstić information content (AvgIpc) is 3.43. The number of hydrogen-bond donors (Lipinski definition) is 2. The van der Waals surface area contributed by atoms with Crippen LogP contribution >= 0.6 is 0 Å². The van der Waals surface area contributed by atoms with Crippen molar-refractivity contribution in [1.29, 1.82) is 0 Å². The first-order chi connectivity index (χ1) is 12.0. The van der Waals surface area contributed by atoms with Gasteiger partial charge in [0.2, 0.25) is 5.91 Å². The molecule has 1 aromatic carbocycles. The van der Waals surface area contributed by atoms with E-state index in [4.69, 9.17) is 5.11 Å². The summed E-state index contributed by atoms with van der Waals surface area (Å²) in [6, 6.07) is 3.25. The van der Waals surface area contributed by atoms with Crippen LogP contribution in [-0.2, 0) is 4.79 Å². The summed E-state index contributed by atoms with van der Waals surface area (Å²) in [5, 5.41) is 11.8. The summed E-state index contributed by atoms with van der Waals surface area (Å²) in [5.74, 6) is -2.35. The van der Waals surface area contributed by atoms with Gasteiger partial charge in [0.25, 0.3) is 5.91 Å². The number of carboxylic acid groups (broad SMARTS) is 1. The minimum atomic E-state index is -1.25. The van der Waals surface area contributed by atoms with Crippen molar-refractivity contribution >= 4 is 17.8 Å². The van der Waals surface area contributed by atoms with Gasteiger partial charge in [-0.3, -0.25) is 9.59 Å². The van der Waals surface area contributed by atoms with Crippen molar-refractivity contribution in [3.05, 3.63) is 35.1 Å². The Bertz CT molecular complexity index is 702. The van der Waals surface area contributed by atoms with Gasteiger partial charge in [-0.15, -0.1) is 0 Å². The molecule has 7 heteroatoms. The number of carbonyl (C=O) groups excluding carboxylic acids is 2. The van der Waals surface area contributed by atoms with Gasteiger partial charge in [0.15, 0.2) is 0 Å². The van der Waals surface area contributed by atoms with Gasteiger partial charge < -0.3 is 15.3 Å². The van der Waals surface area contributed by atoms with Crippen LogP contribution in [0.15, 0.2) is 18.2 Å². The maximum absolute atomic E-state index is 14.1. The predicted octanol–water partition coefficient (Wildman–Crippen LogP) is 1.90. The lowest BCUT2D eigenvalue weighted by molar-refractivity contribution is -0.126. The zero-order valence-electron chi connectivity index (χ0n) is 13.8. The molecular formula is C18H21FN2O4. The van der Waals surface area contributed by atoms with Crippen LogP contribution in [0.25, 0.3) is 0 Å². The smallest absolute Gasteiger partial charge is 0.335 e. The number of aromatic carboxylic acids is 1. The fourth-order valence-electron chi connectivity index (χ4n) is 3.08. The summed E-state index contributed by atoms with van der Waals surface area (Å²) in [5.41, 5.74) is -0.367. The second kappa shape index (κ2) is 7.21. The summed E-state index contributed by atoms with van der Waals surface area (Å²) in [4.78, 5) is 37.1. The molecule has 1 unspecified atom stereocenters. The molecule has 1 aliphatic heterocycles. The van der Waals surface area contributed by atoms with Crippen LogP contribution in [0.3, 0.4) is 0 Å². The third-order valence-electron chi connectivity index (χ3n) is 4.79. The van der Waals surface area contributed by atoms with Crippen LogP contribution in [0.1, 0.15) is 46.4 Å². The number of nitrogens with one attached hydrogen (secondary N) is 1. The molecule has 0 spiro atoms. The van der Waals surface area contributed by atoms with Crippen LogP contribution in [0.2, 0.25) is 0 Å². The minimum Gasteiger partial charge on any atom is -0.478 e. The van der Waals surface area contributed by atoms with E-state index >= 15 is 0 Å². The number of carbonyl (C=O) groups is 3. The molecule has 1 saturated heterocycles. The standard InChI is InChI=1S/C18H21FN2O4/c19-15-8-12(18(24)25)5-6-14(15)17(23)21-7-1-2-13(10-21)16(22)20-9-11-3-4-11/h5-6,8,11,13H,1-4,7,9-10H2,(H,20,22)(H,24,25). The lowest BCUT2D eigenvalue weighted by Gasteiger charge is -2.32. The summed E-state index contributed by atoms with van der Waals surface area (Å²) < 4.78 is 14.1. The monoisotopic (exact) mass is 348 g/mol. The maximum Gasteiger partial charge on any atom is 0.335 e. The van der Waals surface area contributed by atoms with Crippen molar-refractivity contribution in [3.8, 4) is 0 Å². The Balaban J connectivity index is 1.65. The molecule has 3 rings (SSSR count). The fourth-order valence-corrected chi connectivity index (χ4v) is 3.08. The Kier molecular flexibility index (Phi) is 5.01. The fraction of sp³-hybridized carbons (Fsp3) is 0.500. The summed E-state index contributed by atoms with van der Waals surface area (Å²) in [7, 11) is 0. The molecule has 6 nitrogen and oxygen atoms in total. The normalized spacial score (nSPS) is 20.2. The lowest BCUT2D eigenvalue weighted by atomic mass is 9.96. The Morgan fingerprint density at radius 1 is 1.24 bits per heavy atom. The molecule has 1 atom stereocenters. The van der Waals surface area contributed by atoms with Gasteiger partial charge in [0, 0.05) is 19.6 Å². The minimum absolute atomic E-state index is 0.0499. The second-order valence-corrected chi connectivity index (χ2v) is 6.78. The number of rotatable bonds is 5. The largest absolute Gasteiger partial charge is 0.478 e. The Morgan fingerprint density at radius 2 is 2.00 bits per heavy atom. The van der Waals surface area contributed by atoms with Crippen LogP contribution in [-0.4, -0.2) is 47.4 Å². The zero-order chi connectivity index (χ0) is 18.0. The third kappa shape index (κ3) is 4.15. The summed E-state index contributed by atoms with van der Waals surface area (Å²) in [6.45, 7) is 1.41. The van der Waals surface area contributed by atoms with E-state index < -0.39 is 17.7 Å². The molecule has 1 aromatic rings. The molecule has 2 amide bonds. The van der Waals surface area contributed by atoms with Crippen molar-refractivity contribution in [3.63, 3.8) is 0 Å². The van der Waals surface area contributed by atoms with Gasteiger partial charge in [-0.25, -0.2) is 9.18 Å². The molecular weight excluding hydrogens is 327 g/mol. The second-order valence-electron chi connectivity index (χ2n) is 6.78. The number of piperidine rings is 1. The Labute approximate surface area is 145 Å². The first-order valence-electron chi connectivity index (χ1n) is 8.55. The van der Waals surface area contributed by atoms with Crippen LogP contribution in [0.5, 0.6) is 0 Å². The van der Waals surface area contributed by atoms with Crippen molar-refractivity contribution < 1.29 is 23.9 Å². The van der Waals surface area contributed by atoms with E-state index in [2.05, 4.69) is 5.32 Å². The van der Waals surface area contributed by atoms with Gasteiger partial charge in [-0.2, -0.15) is 0 Å². The quantitative estimate of drug-likeness (QED) is 0.851. The number of likely N-dealkylation sites (tertiary alicyclic amines) is 1. The van der Waals surface area contributed by atoms with Crippen molar-refractivity contribution in [2.75, 3.05) is 19.6 Å². The number of halogens is 1. The molecule has 0 aromatic heterocycles. The van der Waals surface area contributed by atoms with E-state index in [1.54, 1.807) is 0 Å². The van der Waals surface area contributed by atoms with Gasteiger partial charge in [-0.05, 0) is 49.8 Å². The molecule has 1 aliphatic carbocycles. The van der Waals surface area contributed by atoms with Gasteiger partial charge in [-0.1, -0.05) is 0 Å². The number of hydrogen-bond acceptors (Lipinski definition) is 3. The van der Waals surface area contributed by atoms with Crippen LogP contribution < -0.4 is 5.32 Å². The number of nitrogens with zero attached hydrogens (tertiary/aromatic N) is 1. The number of amides is 2. The number of carboxylic acids is 1. The first kappa shape index (κ1) is 17.4. The molecule has 1 heterocycles. The molecule has 25 heavy (non-hydrogen) atoms. The molecule has 0 bridgehead atoms. The topological polar surface area (TPSA) is 86.7 Å². The van der Waals surface area contributed by atoms with E-state index in [0.29, 0.717) is 31.8 Å². The van der Waals surface area contributed by atoms with E-state index in [9.17, 15) is 18.8 Å². The maximum atomic E-state index is 14.1. The summed E-state index contributed by atoms with van der Waals surface area (Å²) in [6.07, 6.45) is 3.70. The van der Waals surface area contributed by atoms with E-state index in [1.165, 1.54) is 17.0 Å². The number of benzene rings is 1. The molecule has 0 radical (unpaired) electrons. The SMILES string of the molecule is O=C(O)c1ccc(C(=O)N2CCCC(C(=O)NCC3CC3)C2)c(F)c1. The van der Waals surface area contributed by atoms with Crippen molar-refractivity contribution in [2.45, 2.75) is 25.7 Å². The molecule has 2 N–H and O–H groups in total. The highest BCUT2D eigenvalue weighted by atomic mass is 19.1. The van der Waals surface area contributed by atoms with E-state index in [0.717, 1.165) is 18.9 Å². The first-order valence-corrected chi connectivity index (χ1v) is 8.55. The highest BCUT2D eigenvalue weighted by Gasteiger charge is 2.31. The Morgan fingerprint density at radius 3 is 2.64 bits per heavy atom. The highest BCUT2D eigenvalue weighted by molar-refractivity contribution is 5.96. The van der Waals surface area contributed by atoms with E-state index in [1.807, 2.05) is 0 Å². The van der Waals surface area contributed by atoms with Gasteiger partial charge in [0.05, 0.1) is 17.0 Å². The molecule has 1 saturated carbocycles. The van der Waals surface area contributed by atoms with Gasteiger partial charge in [0.1, 0.15) is 5.82 Å². The van der Waals surface area contributed by atoms with Crippen molar-refractivity contribution in [2.24, 2.45) is 11.8 Å². The van der Waals surface area contributed by atoms with Crippen molar-refractivity contribution in [1.82, 2.24) is 10.2 Å². The van der Waals surface area contributed by atoms with E-state index in [-0.39, 0.29) is 29.5 Å². The third-order valence-corrected chi connectivity index (χ3v) is 4.79. The predicted molar refractivity (Wildman–Crippen MR) is 87.7 cm³/mol. The lowest BCUT2D eigenvalue weighted by Crippen LogP contribution is -2.46. The average molecular weight is 348 g/mol. The molecule has 134 valence electrons.